The first-order chi connectivity index (χ1) is 13.6. The molecule has 0 atom stereocenters. The molecule has 0 heterocycles. The van der Waals surface area contributed by atoms with Gasteiger partial charge in [0, 0.05) is 15.1 Å². The molecule has 0 aliphatic carbocycles. The molecule has 2 aromatic rings. The van der Waals surface area contributed by atoms with E-state index in [2.05, 4.69) is 34.2 Å². The molecular weight excluding hydrogens is 432 g/mol. The van der Waals surface area contributed by atoms with E-state index in [0.29, 0.717) is 11.6 Å². The lowest BCUT2D eigenvalue weighted by Gasteiger charge is -2.07. The molecule has 0 bridgehead atoms. The van der Waals surface area contributed by atoms with E-state index in [-0.39, 0.29) is 0 Å². The molecule has 0 saturated carbocycles. The topological polar surface area (TPSA) is 24.7 Å². The molecule has 142 valence electrons. The number of hydrogen-bond donors (Lipinski definition) is 0. The second kappa shape index (κ2) is 11.4. The molecule has 0 saturated heterocycles. The van der Waals surface area contributed by atoms with E-state index < -0.39 is 0 Å². The van der Waals surface area contributed by atoms with Gasteiger partial charge in [-0.25, -0.2) is 0 Å². The fraction of sp³-hybridized carbons (Fsp3) is 0.0833. The van der Waals surface area contributed by atoms with Crippen molar-refractivity contribution in [3.05, 3.63) is 112 Å². The van der Waals surface area contributed by atoms with Gasteiger partial charge in [-0.2, -0.15) is 0 Å². The Balaban J connectivity index is 2.51. The van der Waals surface area contributed by atoms with Crippen LogP contribution < -0.4 is 0 Å². The van der Waals surface area contributed by atoms with Crippen molar-refractivity contribution in [1.82, 2.24) is 0 Å². The molecular formula is C24H22BrClN2. The van der Waals surface area contributed by atoms with Gasteiger partial charge in [-0.3, -0.25) is 9.98 Å². The van der Waals surface area contributed by atoms with Crippen molar-refractivity contribution in [2.24, 2.45) is 9.98 Å². The van der Waals surface area contributed by atoms with Crippen LogP contribution in [0.4, 0.5) is 0 Å². The van der Waals surface area contributed by atoms with Gasteiger partial charge in [-0.05, 0) is 55.1 Å². The average Bonchev–Trinajstić information content (AvgIpc) is 2.69. The van der Waals surface area contributed by atoms with Crippen LogP contribution in [0.15, 0.2) is 106 Å². The molecule has 4 heteroatoms. The van der Waals surface area contributed by atoms with Crippen molar-refractivity contribution in [3.63, 3.8) is 0 Å². The van der Waals surface area contributed by atoms with Gasteiger partial charge < -0.3 is 0 Å². The lowest BCUT2D eigenvalue weighted by Crippen LogP contribution is -2.00. The maximum absolute atomic E-state index is 6.10. The highest BCUT2D eigenvalue weighted by atomic mass is 79.9. The smallest absolute Gasteiger partial charge is 0.0716 e. The monoisotopic (exact) mass is 452 g/mol. The van der Waals surface area contributed by atoms with E-state index in [1.165, 1.54) is 0 Å². The normalized spacial score (nSPS) is 13.0. The van der Waals surface area contributed by atoms with Gasteiger partial charge >= 0.3 is 0 Å². The highest BCUT2D eigenvalue weighted by Gasteiger charge is 2.06. The third kappa shape index (κ3) is 6.59. The molecule has 0 amide bonds. The van der Waals surface area contributed by atoms with Crippen molar-refractivity contribution >= 4 is 45.7 Å². The standard InChI is InChI=1S/C24H22BrClN2/c1-4-6-10-19(5-2)24(28-17-18-9-7-13-22(26)14-18)16-23(27-3)20-11-8-12-21(25)15-20/h4-16H,2-3,17H2,1H3/b6-4-,19-10+,23-16-,28-24?. The Morgan fingerprint density at radius 2 is 1.96 bits per heavy atom. The van der Waals surface area contributed by atoms with Gasteiger partial charge in [-0.15, -0.1) is 0 Å². The summed E-state index contributed by atoms with van der Waals surface area (Å²) in [5, 5.41) is 0.695. The quantitative estimate of drug-likeness (QED) is 0.292. The zero-order valence-electron chi connectivity index (χ0n) is 15.8. The number of allylic oxidation sites excluding steroid dienone is 6. The highest BCUT2D eigenvalue weighted by molar-refractivity contribution is 9.10. The number of rotatable bonds is 8. The summed E-state index contributed by atoms with van der Waals surface area (Å²) in [6.45, 7) is 10.1. The Morgan fingerprint density at radius 1 is 1.18 bits per heavy atom. The number of aliphatic imine (C=N–C) groups is 2. The number of nitrogens with zero attached hydrogens (tertiary/aromatic N) is 2. The van der Waals surface area contributed by atoms with Gasteiger partial charge in [0.25, 0.3) is 0 Å². The van der Waals surface area contributed by atoms with E-state index in [0.717, 1.165) is 32.6 Å². The Labute approximate surface area is 180 Å². The van der Waals surface area contributed by atoms with Crippen LogP contribution in [0.2, 0.25) is 5.02 Å². The molecule has 0 spiro atoms. The minimum Gasteiger partial charge on any atom is -0.280 e. The minimum atomic E-state index is 0.496. The minimum absolute atomic E-state index is 0.496. The molecule has 28 heavy (non-hydrogen) atoms. The molecule has 2 nitrogen and oxygen atoms in total. The van der Waals surface area contributed by atoms with Gasteiger partial charge in [-0.1, -0.05) is 82.7 Å². The second-order valence-corrected chi connectivity index (χ2v) is 7.23. The van der Waals surface area contributed by atoms with E-state index in [9.17, 15) is 0 Å². The summed E-state index contributed by atoms with van der Waals surface area (Å²) in [5.41, 5.74) is 4.39. The zero-order chi connectivity index (χ0) is 20.4. The largest absolute Gasteiger partial charge is 0.280 e. The average molecular weight is 454 g/mol. The predicted molar refractivity (Wildman–Crippen MR) is 127 cm³/mol. The lowest BCUT2D eigenvalue weighted by molar-refractivity contribution is 1.07. The SMILES string of the molecule is C=C/C(=C\C=C/C)C(/C=C(\N=C)c1cccc(Br)c1)=NCc1cccc(Cl)c1. The molecule has 0 fully saturated rings. The molecule has 0 radical (unpaired) electrons. The van der Waals surface area contributed by atoms with Crippen molar-refractivity contribution < 1.29 is 0 Å². The van der Waals surface area contributed by atoms with Crippen LogP contribution in [0.5, 0.6) is 0 Å². The Bertz CT molecular complexity index is 968. The third-order valence-corrected chi connectivity index (χ3v) is 4.60. The molecule has 2 aromatic carbocycles. The van der Waals surface area contributed by atoms with Crippen LogP contribution in [0.25, 0.3) is 5.70 Å². The summed E-state index contributed by atoms with van der Waals surface area (Å²) in [5.74, 6) is 0. The first-order valence-electron chi connectivity index (χ1n) is 8.76. The zero-order valence-corrected chi connectivity index (χ0v) is 18.1. The van der Waals surface area contributed by atoms with Gasteiger partial charge in [0.1, 0.15) is 0 Å². The molecule has 2 rings (SSSR count). The van der Waals surface area contributed by atoms with E-state index in [1.807, 2.05) is 79.8 Å². The Hall–Kier alpha value is -2.49. The first kappa shape index (κ1) is 21.8. The van der Waals surface area contributed by atoms with Crippen LogP contribution in [-0.2, 0) is 6.54 Å². The van der Waals surface area contributed by atoms with E-state index in [1.54, 1.807) is 6.08 Å². The second-order valence-electron chi connectivity index (χ2n) is 5.88. The van der Waals surface area contributed by atoms with Crippen molar-refractivity contribution in [3.8, 4) is 0 Å². The summed E-state index contributed by atoms with van der Waals surface area (Å²) < 4.78 is 0.977. The maximum Gasteiger partial charge on any atom is 0.0716 e. The molecule has 0 unspecified atom stereocenters. The molecule has 0 N–H and O–H groups in total. The van der Waals surface area contributed by atoms with Crippen molar-refractivity contribution in [2.75, 3.05) is 0 Å². The van der Waals surface area contributed by atoms with Crippen LogP contribution >= 0.6 is 27.5 Å². The third-order valence-electron chi connectivity index (χ3n) is 3.87. The first-order valence-corrected chi connectivity index (χ1v) is 9.93. The van der Waals surface area contributed by atoms with Gasteiger partial charge in [0.2, 0.25) is 0 Å². The van der Waals surface area contributed by atoms with Gasteiger partial charge in [0.05, 0.1) is 18.0 Å². The summed E-state index contributed by atoms with van der Waals surface area (Å²) in [6.07, 6.45) is 9.61. The fourth-order valence-corrected chi connectivity index (χ4v) is 3.10. The number of hydrogen-bond acceptors (Lipinski definition) is 2. The molecule has 0 aliphatic rings. The number of benzene rings is 2. The molecule has 0 aromatic heterocycles. The predicted octanol–water partition coefficient (Wildman–Crippen LogP) is 7.47. The van der Waals surface area contributed by atoms with Crippen LogP contribution in [0.1, 0.15) is 18.1 Å². The summed E-state index contributed by atoms with van der Waals surface area (Å²) >= 11 is 9.60. The maximum atomic E-state index is 6.10. The highest BCUT2D eigenvalue weighted by Crippen LogP contribution is 2.21. The number of halogens is 2. The Morgan fingerprint density at radius 3 is 2.61 bits per heavy atom. The summed E-state index contributed by atoms with van der Waals surface area (Å²) in [4.78, 5) is 9.02. The van der Waals surface area contributed by atoms with Crippen LogP contribution in [0, 0.1) is 0 Å². The fourth-order valence-electron chi connectivity index (χ4n) is 2.49. The summed E-state index contributed by atoms with van der Waals surface area (Å²) in [6, 6.07) is 15.6. The van der Waals surface area contributed by atoms with E-state index in [4.69, 9.17) is 16.6 Å². The van der Waals surface area contributed by atoms with Crippen molar-refractivity contribution in [2.45, 2.75) is 13.5 Å². The van der Waals surface area contributed by atoms with Crippen LogP contribution in [-0.4, -0.2) is 12.4 Å². The van der Waals surface area contributed by atoms with Gasteiger partial charge in [0.15, 0.2) is 0 Å². The van der Waals surface area contributed by atoms with E-state index >= 15 is 0 Å². The summed E-state index contributed by atoms with van der Waals surface area (Å²) in [7, 11) is 0. The Kier molecular flexibility index (Phi) is 8.86. The van der Waals surface area contributed by atoms with Crippen LogP contribution in [0.3, 0.4) is 0 Å². The van der Waals surface area contributed by atoms with Crippen molar-refractivity contribution in [1.29, 1.82) is 0 Å². The molecule has 0 aliphatic heterocycles. The lowest BCUT2D eigenvalue weighted by atomic mass is 10.1.